The molecule has 8 heteroatoms. The van der Waals surface area contributed by atoms with Crippen molar-refractivity contribution in [2.75, 3.05) is 6.35 Å². The number of esters is 1. The molecule has 0 aliphatic carbocycles. The van der Waals surface area contributed by atoms with Crippen LogP contribution in [0, 0.1) is 0 Å². The molecule has 0 aliphatic heterocycles. The average molecular weight is 387 g/mol. The van der Waals surface area contributed by atoms with Gasteiger partial charge in [-0.15, -0.1) is 0 Å². The summed E-state index contributed by atoms with van der Waals surface area (Å²) in [5, 5.41) is 0.922. The minimum Gasteiger partial charge on any atom is -0.479 e. The fraction of sp³-hybridized carbons (Fsp3) is 0.188. The van der Waals surface area contributed by atoms with Gasteiger partial charge in [0.15, 0.2) is 20.9 Å². The van der Waals surface area contributed by atoms with Crippen molar-refractivity contribution in [3.63, 3.8) is 0 Å². The van der Waals surface area contributed by atoms with Crippen LogP contribution in [0.2, 0.25) is 10.0 Å². The van der Waals surface area contributed by atoms with Crippen LogP contribution in [0.4, 0.5) is 0 Å². The largest absolute Gasteiger partial charge is 0.479 e. The lowest BCUT2D eigenvalue weighted by molar-refractivity contribution is -0.148. The third kappa shape index (κ3) is 5.38. The molecule has 0 saturated heterocycles. The molecule has 0 saturated carbocycles. The normalized spacial score (nSPS) is 11.8. The van der Waals surface area contributed by atoms with Crippen molar-refractivity contribution in [1.82, 2.24) is 0 Å². The molecule has 0 aromatic heterocycles. The van der Waals surface area contributed by atoms with Crippen LogP contribution in [0.25, 0.3) is 0 Å². The zero-order chi connectivity index (χ0) is 17.5. The van der Waals surface area contributed by atoms with Gasteiger partial charge in [-0.25, -0.2) is 4.79 Å². The third-order valence-corrected chi connectivity index (χ3v) is 3.61. The number of hydrogen-bond acceptors (Lipinski definition) is 5. The molecule has 126 valence electrons. The fourth-order valence-corrected chi connectivity index (χ4v) is 2.36. The Balaban J connectivity index is 1.97. The number of ether oxygens (including phenoxy) is 3. The van der Waals surface area contributed by atoms with Gasteiger partial charge >= 0.3 is 5.97 Å². The van der Waals surface area contributed by atoms with E-state index in [1.807, 2.05) is 0 Å². The van der Waals surface area contributed by atoms with Gasteiger partial charge in [-0.2, -0.15) is 0 Å². The molecule has 2 rings (SSSR count). The van der Waals surface area contributed by atoms with Crippen molar-refractivity contribution in [1.29, 1.82) is 0 Å². The third-order valence-electron chi connectivity index (χ3n) is 2.85. The first-order valence-corrected chi connectivity index (χ1v) is 8.60. The smallest absolute Gasteiger partial charge is 0.347 e. The van der Waals surface area contributed by atoms with Crippen molar-refractivity contribution in [3.8, 4) is 17.2 Å². The van der Waals surface area contributed by atoms with E-state index in [2.05, 4.69) is 0 Å². The van der Waals surface area contributed by atoms with Crippen molar-refractivity contribution < 1.29 is 23.6 Å². The predicted molar refractivity (Wildman–Crippen MR) is 91.6 cm³/mol. The second-order valence-corrected chi connectivity index (χ2v) is 5.99. The number of rotatable bonds is 7. The molecule has 0 spiro atoms. The Bertz CT molecular complexity index is 721. The Labute approximate surface area is 150 Å². The van der Waals surface area contributed by atoms with Crippen molar-refractivity contribution >= 4 is 37.6 Å². The highest BCUT2D eigenvalue weighted by atomic mass is 35.5. The zero-order valence-electron chi connectivity index (χ0n) is 12.6. The summed E-state index contributed by atoms with van der Waals surface area (Å²) in [6.07, 6.45) is -1.01. The van der Waals surface area contributed by atoms with Gasteiger partial charge in [-0.3, -0.25) is 4.57 Å². The summed E-state index contributed by atoms with van der Waals surface area (Å²) in [5.74, 6) is 0.899. The second kappa shape index (κ2) is 8.88. The highest BCUT2D eigenvalue weighted by Crippen LogP contribution is 2.32. The summed E-state index contributed by atoms with van der Waals surface area (Å²) in [5.41, 5.74) is 0. The van der Waals surface area contributed by atoms with E-state index in [9.17, 15) is 9.36 Å². The summed E-state index contributed by atoms with van der Waals surface area (Å²) in [7, 11) is -0.258. The van der Waals surface area contributed by atoms with Gasteiger partial charge in [-0.05, 0) is 49.4 Å². The quantitative estimate of drug-likeness (QED) is 0.474. The lowest BCUT2D eigenvalue weighted by Crippen LogP contribution is -2.25. The van der Waals surface area contributed by atoms with Gasteiger partial charge < -0.3 is 14.2 Å². The maximum Gasteiger partial charge on any atom is 0.347 e. The van der Waals surface area contributed by atoms with Crippen LogP contribution in [0.5, 0.6) is 17.2 Å². The summed E-state index contributed by atoms with van der Waals surface area (Å²) in [6.45, 7) is 1.54. The first-order valence-electron chi connectivity index (χ1n) is 6.85. The van der Waals surface area contributed by atoms with Crippen LogP contribution in [0.3, 0.4) is 0 Å². The van der Waals surface area contributed by atoms with Crippen LogP contribution in [-0.4, -0.2) is 18.4 Å². The molecular weight excluding hydrogens is 374 g/mol. The molecule has 0 amide bonds. The van der Waals surface area contributed by atoms with Crippen LogP contribution in [-0.2, 0) is 14.1 Å². The number of carbonyl (C=O) groups is 1. The van der Waals surface area contributed by atoms with E-state index in [-0.39, 0.29) is 14.8 Å². The standard InChI is InChI=1S/C16H13Cl2O5P/c1-10(16(19)21-9-24-20)22-12-3-5-13(6-4-12)23-15-7-2-11(17)8-14(15)18/h2-8,10H,9H2,1H3. The van der Waals surface area contributed by atoms with Crippen LogP contribution >= 0.6 is 31.7 Å². The molecule has 5 nitrogen and oxygen atoms in total. The van der Waals surface area contributed by atoms with Crippen molar-refractivity contribution in [3.05, 3.63) is 52.5 Å². The van der Waals surface area contributed by atoms with Crippen LogP contribution in [0.15, 0.2) is 42.5 Å². The summed E-state index contributed by atoms with van der Waals surface area (Å²) < 4.78 is 26.1. The minimum absolute atomic E-state index is 0.193. The molecule has 0 heterocycles. The Kier molecular flexibility index (Phi) is 6.85. The molecule has 24 heavy (non-hydrogen) atoms. The second-order valence-electron chi connectivity index (χ2n) is 4.63. The van der Waals surface area contributed by atoms with E-state index in [0.29, 0.717) is 27.3 Å². The molecule has 1 atom stereocenters. The number of carbonyl (C=O) groups excluding carboxylic acids is 1. The number of benzene rings is 2. The molecule has 2 aromatic rings. The monoisotopic (exact) mass is 386 g/mol. The number of hydrogen-bond donors (Lipinski definition) is 0. The van der Waals surface area contributed by atoms with E-state index < -0.39 is 12.1 Å². The highest BCUT2D eigenvalue weighted by molar-refractivity contribution is 7.23. The first kappa shape index (κ1) is 18.5. The van der Waals surface area contributed by atoms with Crippen LogP contribution in [0.1, 0.15) is 6.92 Å². The Morgan fingerprint density at radius 3 is 2.42 bits per heavy atom. The lowest BCUT2D eigenvalue weighted by Gasteiger charge is -2.13. The molecule has 0 bridgehead atoms. The van der Waals surface area contributed by atoms with Gasteiger partial charge in [-0.1, -0.05) is 23.2 Å². The first-order chi connectivity index (χ1) is 11.5. The van der Waals surface area contributed by atoms with Crippen LogP contribution < -0.4 is 9.47 Å². The fourth-order valence-electron chi connectivity index (χ4n) is 1.73. The maximum atomic E-state index is 11.5. The van der Waals surface area contributed by atoms with Gasteiger partial charge in [0.25, 0.3) is 0 Å². The van der Waals surface area contributed by atoms with Gasteiger partial charge in [0.1, 0.15) is 17.2 Å². The van der Waals surface area contributed by atoms with Crippen molar-refractivity contribution in [2.45, 2.75) is 13.0 Å². The SMILES string of the molecule is CC(Oc1ccc(Oc2ccc(Cl)cc2Cl)cc1)C(=O)OCP=O. The van der Waals surface area contributed by atoms with E-state index in [4.69, 9.17) is 37.4 Å². The summed E-state index contributed by atoms with van der Waals surface area (Å²) in [4.78, 5) is 11.5. The average Bonchev–Trinajstić information content (AvgIpc) is 2.56. The summed E-state index contributed by atoms with van der Waals surface area (Å²) >= 11 is 11.9. The van der Waals surface area contributed by atoms with E-state index in [0.717, 1.165) is 0 Å². The van der Waals surface area contributed by atoms with E-state index in [1.54, 1.807) is 49.4 Å². The van der Waals surface area contributed by atoms with E-state index in [1.165, 1.54) is 0 Å². The molecule has 0 aliphatic rings. The molecule has 0 fully saturated rings. The maximum absolute atomic E-state index is 11.5. The van der Waals surface area contributed by atoms with E-state index >= 15 is 0 Å². The van der Waals surface area contributed by atoms with Gasteiger partial charge in [0.05, 0.1) is 5.02 Å². The molecule has 1 unspecified atom stereocenters. The molecule has 2 aromatic carbocycles. The molecular formula is C16H13Cl2O5P. The van der Waals surface area contributed by atoms with Gasteiger partial charge in [0.2, 0.25) is 0 Å². The zero-order valence-corrected chi connectivity index (χ0v) is 15.0. The topological polar surface area (TPSA) is 61.8 Å². The number of halogens is 2. The minimum atomic E-state index is -0.816. The van der Waals surface area contributed by atoms with Gasteiger partial charge in [0, 0.05) is 5.02 Å². The predicted octanol–water partition coefficient (Wildman–Crippen LogP) is 5.35. The Morgan fingerprint density at radius 2 is 1.79 bits per heavy atom. The highest BCUT2D eigenvalue weighted by Gasteiger charge is 2.16. The Morgan fingerprint density at radius 1 is 1.12 bits per heavy atom. The molecule has 0 radical (unpaired) electrons. The summed E-state index contributed by atoms with van der Waals surface area (Å²) in [6, 6.07) is 11.6. The molecule has 0 N–H and O–H groups in total. The van der Waals surface area contributed by atoms with Crippen molar-refractivity contribution in [2.24, 2.45) is 0 Å². The Hall–Kier alpha value is -1.81. The lowest BCUT2D eigenvalue weighted by atomic mass is 10.3.